The molecule has 0 fully saturated rings. The smallest absolute Gasteiger partial charge is 0.337 e. The summed E-state index contributed by atoms with van der Waals surface area (Å²) in [6.07, 6.45) is 0. The molecule has 0 atom stereocenters. The Balaban J connectivity index is 1.42. The van der Waals surface area contributed by atoms with Gasteiger partial charge in [-0.2, -0.15) is 0 Å². The van der Waals surface area contributed by atoms with Crippen LogP contribution >= 0.6 is 23.1 Å². The molecule has 2 N–H and O–H groups in total. The number of hydrogen-bond acceptors (Lipinski definition) is 9. The molecule has 0 saturated carbocycles. The Labute approximate surface area is 183 Å². The molecule has 31 heavy (non-hydrogen) atoms. The van der Waals surface area contributed by atoms with E-state index in [1.54, 1.807) is 18.2 Å². The molecule has 0 bridgehead atoms. The number of nitrogens with one attached hydrogen (secondary N) is 2. The highest BCUT2D eigenvalue weighted by atomic mass is 32.2. The number of ether oxygens (including phenoxy) is 1. The van der Waals surface area contributed by atoms with Crippen LogP contribution in [0.4, 0.5) is 9.52 Å². The molecule has 8 nitrogen and oxygen atoms in total. The van der Waals surface area contributed by atoms with Crippen molar-refractivity contribution in [3.8, 4) is 0 Å². The van der Waals surface area contributed by atoms with Gasteiger partial charge in [-0.05, 0) is 35.9 Å². The third-order valence-corrected chi connectivity index (χ3v) is 6.30. The van der Waals surface area contributed by atoms with E-state index in [9.17, 15) is 14.0 Å². The van der Waals surface area contributed by atoms with Crippen LogP contribution in [0.3, 0.4) is 0 Å². The Morgan fingerprint density at radius 2 is 2.03 bits per heavy atom. The summed E-state index contributed by atoms with van der Waals surface area (Å²) in [5.41, 5.74) is 1.39. The number of aromatic nitrogens is 4. The van der Waals surface area contributed by atoms with Crippen molar-refractivity contribution in [1.82, 2.24) is 20.2 Å². The molecule has 0 saturated heterocycles. The molecule has 0 radical (unpaired) electrons. The quantitative estimate of drug-likeness (QED) is 0.320. The largest absolute Gasteiger partial charge is 0.465 e. The van der Waals surface area contributed by atoms with Gasteiger partial charge in [0.2, 0.25) is 5.13 Å². The van der Waals surface area contributed by atoms with Gasteiger partial charge in [0, 0.05) is 6.54 Å². The zero-order chi connectivity index (χ0) is 21.8. The zero-order valence-electron chi connectivity index (χ0n) is 16.2. The summed E-state index contributed by atoms with van der Waals surface area (Å²) in [7, 11) is 1.30. The first kappa shape index (κ1) is 20.9. The fourth-order valence-corrected chi connectivity index (χ4v) is 4.37. The summed E-state index contributed by atoms with van der Waals surface area (Å²) in [5, 5.41) is 12.4. The molecule has 0 spiro atoms. The van der Waals surface area contributed by atoms with Crippen LogP contribution in [0.2, 0.25) is 0 Å². The van der Waals surface area contributed by atoms with Crippen LogP contribution in [0.1, 0.15) is 21.7 Å². The van der Waals surface area contributed by atoms with Crippen molar-refractivity contribution in [2.75, 3.05) is 12.4 Å². The first-order valence-corrected chi connectivity index (χ1v) is 10.9. The molecule has 2 aromatic heterocycles. The number of rotatable bonds is 7. The van der Waals surface area contributed by atoms with E-state index in [0.717, 1.165) is 5.56 Å². The highest BCUT2D eigenvalue weighted by Gasteiger charge is 2.11. The molecule has 0 aliphatic carbocycles. The van der Waals surface area contributed by atoms with E-state index in [1.165, 1.54) is 54.5 Å². The van der Waals surface area contributed by atoms with Gasteiger partial charge in [0.15, 0.2) is 4.34 Å². The molecule has 11 heteroatoms. The topological polar surface area (TPSA) is 110 Å². The zero-order valence-corrected chi connectivity index (χ0v) is 17.8. The maximum Gasteiger partial charge on any atom is 0.337 e. The lowest BCUT2D eigenvalue weighted by molar-refractivity contribution is 0.0601. The van der Waals surface area contributed by atoms with Crippen molar-refractivity contribution >= 4 is 45.1 Å². The number of H-pyrrole nitrogens is 1. The minimum absolute atomic E-state index is 0.278. The van der Waals surface area contributed by atoms with Crippen molar-refractivity contribution in [3.63, 3.8) is 0 Å². The monoisotopic (exact) mass is 457 g/mol. The van der Waals surface area contributed by atoms with E-state index in [2.05, 4.69) is 25.5 Å². The van der Waals surface area contributed by atoms with Gasteiger partial charge in [-0.3, -0.25) is 4.79 Å². The maximum absolute atomic E-state index is 13.0. The molecule has 0 aliphatic rings. The third kappa shape index (κ3) is 5.06. The second-order valence-electron chi connectivity index (χ2n) is 6.38. The molecule has 0 amide bonds. The predicted molar refractivity (Wildman–Crippen MR) is 117 cm³/mol. The Morgan fingerprint density at radius 3 is 2.81 bits per heavy atom. The maximum atomic E-state index is 13.0. The number of esters is 1. The van der Waals surface area contributed by atoms with Crippen LogP contribution in [0.15, 0.2) is 51.6 Å². The van der Waals surface area contributed by atoms with Crippen LogP contribution < -0.4 is 10.9 Å². The molecular weight excluding hydrogens is 441 g/mol. The summed E-state index contributed by atoms with van der Waals surface area (Å²) < 4.78 is 18.4. The molecule has 0 aliphatic heterocycles. The lowest BCUT2D eigenvalue weighted by Gasteiger charge is -2.04. The molecular formula is C20H16FN5O3S2. The van der Waals surface area contributed by atoms with Crippen molar-refractivity contribution in [1.29, 1.82) is 0 Å². The lowest BCUT2D eigenvalue weighted by atomic mass is 10.1. The van der Waals surface area contributed by atoms with Gasteiger partial charge in [0.25, 0.3) is 5.56 Å². The van der Waals surface area contributed by atoms with Crippen LogP contribution in [-0.4, -0.2) is 33.2 Å². The summed E-state index contributed by atoms with van der Waals surface area (Å²) in [6, 6.07) is 10.8. The van der Waals surface area contributed by atoms with Gasteiger partial charge in [0.1, 0.15) is 11.6 Å². The molecule has 4 rings (SSSR count). The highest BCUT2D eigenvalue weighted by molar-refractivity contribution is 8.00. The molecule has 158 valence electrons. The lowest BCUT2D eigenvalue weighted by Crippen LogP contribution is -2.12. The fourth-order valence-electron chi connectivity index (χ4n) is 2.75. The van der Waals surface area contributed by atoms with Crippen LogP contribution in [-0.2, 0) is 17.0 Å². The fraction of sp³-hybridized carbons (Fsp3) is 0.150. The van der Waals surface area contributed by atoms with Crippen LogP contribution in [0.5, 0.6) is 0 Å². The van der Waals surface area contributed by atoms with Crippen molar-refractivity contribution in [3.05, 3.63) is 75.6 Å². The van der Waals surface area contributed by atoms with Gasteiger partial charge < -0.3 is 15.0 Å². The molecule has 2 aromatic carbocycles. The number of methoxy groups -OCH3 is 1. The van der Waals surface area contributed by atoms with Crippen molar-refractivity contribution in [2.24, 2.45) is 0 Å². The number of fused-ring (bicyclic) bond motifs is 1. The first-order valence-electron chi connectivity index (χ1n) is 9.08. The number of halogens is 1. The van der Waals surface area contributed by atoms with Gasteiger partial charge in [0.05, 0.1) is 29.3 Å². The summed E-state index contributed by atoms with van der Waals surface area (Å²) in [6.45, 7) is 0.502. The van der Waals surface area contributed by atoms with Crippen LogP contribution in [0.25, 0.3) is 10.9 Å². The molecule has 4 aromatic rings. The van der Waals surface area contributed by atoms with Crippen molar-refractivity contribution in [2.45, 2.75) is 16.6 Å². The van der Waals surface area contributed by atoms with Crippen molar-refractivity contribution < 1.29 is 13.9 Å². The van der Waals surface area contributed by atoms with E-state index < -0.39 is 5.97 Å². The standard InChI is InChI=1S/C20H16FN5O3S2/c1-29-18(28)12-4-7-14-15(8-12)23-16(24-17(14)27)10-30-20-26-25-19(31-20)22-9-11-2-5-13(21)6-3-11/h2-8H,9-10H2,1H3,(H,22,25)(H,23,24,27). The average molecular weight is 458 g/mol. The number of carbonyl (C=O) groups excluding carboxylic acids is 1. The van der Waals surface area contributed by atoms with Gasteiger partial charge in [-0.25, -0.2) is 14.2 Å². The van der Waals surface area contributed by atoms with E-state index >= 15 is 0 Å². The Morgan fingerprint density at radius 1 is 1.23 bits per heavy atom. The second kappa shape index (κ2) is 9.23. The third-order valence-electron chi connectivity index (χ3n) is 4.27. The van der Waals surface area contributed by atoms with Gasteiger partial charge >= 0.3 is 5.97 Å². The normalized spacial score (nSPS) is 10.9. The Bertz CT molecular complexity index is 1290. The Kier molecular flexibility index (Phi) is 6.23. The minimum atomic E-state index is -0.491. The van der Waals surface area contributed by atoms with Gasteiger partial charge in [-0.15, -0.1) is 10.2 Å². The second-order valence-corrected chi connectivity index (χ2v) is 8.58. The summed E-state index contributed by atoms with van der Waals surface area (Å²) in [5.74, 6) is 0.0652. The first-order chi connectivity index (χ1) is 15.0. The number of benzene rings is 2. The summed E-state index contributed by atoms with van der Waals surface area (Å²) >= 11 is 2.75. The number of anilines is 1. The highest BCUT2D eigenvalue weighted by Crippen LogP contribution is 2.28. The van der Waals surface area contributed by atoms with Gasteiger partial charge in [-0.1, -0.05) is 35.2 Å². The van der Waals surface area contributed by atoms with E-state index in [4.69, 9.17) is 4.74 Å². The number of carbonyl (C=O) groups is 1. The minimum Gasteiger partial charge on any atom is -0.465 e. The van der Waals surface area contributed by atoms with E-state index in [1.807, 2.05) is 0 Å². The Hall–Kier alpha value is -3.31. The van der Waals surface area contributed by atoms with E-state index in [0.29, 0.717) is 44.1 Å². The molecule has 2 heterocycles. The number of thioether (sulfide) groups is 1. The predicted octanol–water partition coefficient (Wildman–Crippen LogP) is 3.60. The summed E-state index contributed by atoms with van der Waals surface area (Å²) in [4.78, 5) is 31.2. The number of aromatic amines is 1. The average Bonchev–Trinajstić information content (AvgIpc) is 3.24. The number of nitrogens with zero attached hydrogens (tertiary/aromatic N) is 3. The van der Waals surface area contributed by atoms with E-state index in [-0.39, 0.29) is 11.4 Å². The number of hydrogen-bond donors (Lipinski definition) is 2. The molecule has 0 unspecified atom stereocenters. The SMILES string of the molecule is COC(=O)c1ccc2c(=O)[nH]c(CSc3nnc(NCc4ccc(F)cc4)s3)nc2c1. The van der Waals surface area contributed by atoms with Crippen LogP contribution in [0, 0.1) is 5.82 Å².